The molecule has 1 saturated carbocycles. The fraction of sp³-hybridized carbons (Fsp3) is 0.417. The number of rotatable bonds is 5. The summed E-state index contributed by atoms with van der Waals surface area (Å²) in [5, 5.41) is 12.6. The first kappa shape index (κ1) is 12.0. The van der Waals surface area contributed by atoms with Crippen LogP contribution in [0.4, 0.5) is 5.69 Å². The average molecular weight is 256 g/mol. The van der Waals surface area contributed by atoms with E-state index in [2.05, 4.69) is 5.32 Å². The number of anilines is 1. The van der Waals surface area contributed by atoms with E-state index in [1.54, 1.807) is 18.2 Å². The number of aliphatic carboxylic acids is 1. The molecule has 1 unspecified atom stereocenters. The number of methoxy groups -OCH3 is 1. The van der Waals surface area contributed by atoms with Gasteiger partial charge in [-0.25, -0.2) is 4.79 Å². The van der Waals surface area contributed by atoms with Gasteiger partial charge in [0.1, 0.15) is 11.8 Å². The smallest absolute Gasteiger partial charge is 0.326 e. The minimum absolute atomic E-state index is 0.231. The van der Waals surface area contributed by atoms with Crippen molar-refractivity contribution in [2.75, 3.05) is 12.4 Å². The van der Waals surface area contributed by atoms with E-state index >= 15 is 0 Å². The Morgan fingerprint density at radius 1 is 1.59 bits per heavy atom. The Hall–Kier alpha value is -1.42. The number of carboxylic acids is 1. The van der Waals surface area contributed by atoms with Crippen molar-refractivity contribution in [3.8, 4) is 5.75 Å². The zero-order valence-corrected chi connectivity index (χ0v) is 10.2. The van der Waals surface area contributed by atoms with Gasteiger partial charge in [0.05, 0.1) is 12.1 Å². The van der Waals surface area contributed by atoms with Gasteiger partial charge in [0.15, 0.2) is 0 Å². The van der Waals surface area contributed by atoms with E-state index in [-0.39, 0.29) is 5.92 Å². The first-order chi connectivity index (χ1) is 8.11. The maximum atomic E-state index is 11.1. The molecule has 0 amide bonds. The van der Waals surface area contributed by atoms with Crippen molar-refractivity contribution in [1.82, 2.24) is 0 Å². The van der Waals surface area contributed by atoms with Crippen molar-refractivity contribution >= 4 is 23.3 Å². The topological polar surface area (TPSA) is 58.6 Å². The number of carboxylic acid groups (broad SMARTS) is 1. The number of hydrogen-bond donors (Lipinski definition) is 2. The second kappa shape index (κ2) is 4.84. The van der Waals surface area contributed by atoms with E-state index in [1.807, 2.05) is 0 Å². The van der Waals surface area contributed by atoms with E-state index in [0.717, 1.165) is 12.8 Å². The second-order valence-electron chi connectivity index (χ2n) is 4.15. The number of hydrogen-bond acceptors (Lipinski definition) is 3. The molecule has 0 aromatic heterocycles. The van der Waals surface area contributed by atoms with Crippen LogP contribution in [0.15, 0.2) is 18.2 Å². The van der Waals surface area contributed by atoms with Crippen LogP contribution < -0.4 is 10.1 Å². The molecule has 92 valence electrons. The third kappa shape index (κ3) is 2.82. The second-order valence-corrected chi connectivity index (χ2v) is 4.55. The third-order valence-electron chi connectivity index (χ3n) is 2.83. The monoisotopic (exact) mass is 255 g/mol. The van der Waals surface area contributed by atoms with E-state index in [9.17, 15) is 4.79 Å². The lowest BCUT2D eigenvalue weighted by atomic mass is 10.1. The van der Waals surface area contributed by atoms with Crippen LogP contribution in [0.5, 0.6) is 5.75 Å². The molecule has 1 aliphatic rings. The fourth-order valence-corrected chi connectivity index (χ4v) is 1.93. The highest BCUT2D eigenvalue weighted by Gasteiger charge is 2.36. The summed E-state index contributed by atoms with van der Waals surface area (Å²) in [6, 6.07) is 4.62. The molecule has 0 bridgehead atoms. The number of halogens is 1. The number of benzene rings is 1. The lowest BCUT2D eigenvalue weighted by molar-refractivity contribution is -0.138. The molecule has 0 spiro atoms. The molecule has 4 nitrogen and oxygen atoms in total. The molecule has 2 N–H and O–H groups in total. The molecule has 1 aliphatic carbocycles. The highest BCUT2D eigenvalue weighted by molar-refractivity contribution is 6.32. The lowest BCUT2D eigenvalue weighted by Crippen LogP contribution is -2.31. The van der Waals surface area contributed by atoms with Gasteiger partial charge in [0, 0.05) is 11.8 Å². The summed E-state index contributed by atoms with van der Waals surface area (Å²) in [5.41, 5.74) is 0.713. The molecule has 1 atom stereocenters. The fourth-order valence-electron chi connectivity index (χ4n) is 1.74. The molecule has 0 heterocycles. The van der Waals surface area contributed by atoms with E-state index < -0.39 is 12.0 Å². The average Bonchev–Trinajstić information content (AvgIpc) is 3.11. The first-order valence-electron chi connectivity index (χ1n) is 5.44. The van der Waals surface area contributed by atoms with Gasteiger partial charge in [-0.05, 0) is 30.9 Å². The Morgan fingerprint density at radius 2 is 2.29 bits per heavy atom. The van der Waals surface area contributed by atoms with Crippen LogP contribution in [0.2, 0.25) is 5.02 Å². The third-order valence-corrected chi connectivity index (χ3v) is 3.15. The molecule has 17 heavy (non-hydrogen) atoms. The summed E-state index contributed by atoms with van der Waals surface area (Å²) in [4.78, 5) is 11.1. The predicted molar refractivity (Wildman–Crippen MR) is 65.8 cm³/mol. The van der Waals surface area contributed by atoms with Crippen molar-refractivity contribution < 1.29 is 14.6 Å². The van der Waals surface area contributed by atoms with Gasteiger partial charge >= 0.3 is 5.97 Å². The minimum Gasteiger partial charge on any atom is -0.495 e. The Labute approximate surface area is 105 Å². The Balaban J connectivity index is 2.14. The SMILES string of the molecule is COc1cc(NC(C(=O)O)C2CC2)ccc1Cl. The molecule has 1 aromatic rings. The summed E-state index contributed by atoms with van der Waals surface area (Å²) in [7, 11) is 1.53. The van der Waals surface area contributed by atoms with E-state index in [4.69, 9.17) is 21.4 Å². The van der Waals surface area contributed by atoms with E-state index in [1.165, 1.54) is 7.11 Å². The van der Waals surface area contributed by atoms with Crippen molar-refractivity contribution in [3.05, 3.63) is 23.2 Å². The van der Waals surface area contributed by atoms with Crippen LogP contribution in [0.25, 0.3) is 0 Å². The van der Waals surface area contributed by atoms with Gasteiger partial charge < -0.3 is 15.2 Å². The van der Waals surface area contributed by atoms with Gasteiger partial charge in [-0.2, -0.15) is 0 Å². The van der Waals surface area contributed by atoms with Gasteiger partial charge in [-0.3, -0.25) is 0 Å². The van der Waals surface area contributed by atoms with Gasteiger partial charge in [-0.15, -0.1) is 0 Å². The van der Waals surface area contributed by atoms with Gasteiger partial charge in [-0.1, -0.05) is 11.6 Å². The van der Waals surface area contributed by atoms with Crippen LogP contribution in [-0.2, 0) is 4.79 Å². The summed E-state index contributed by atoms with van der Waals surface area (Å²) in [5.74, 6) is -0.0489. The van der Waals surface area contributed by atoms with Crippen molar-refractivity contribution in [1.29, 1.82) is 0 Å². The summed E-state index contributed by atoms with van der Waals surface area (Å²) < 4.78 is 5.08. The molecule has 0 radical (unpaired) electrons. The summed E-state index contributed by atoms with van der Waals surface area (Å²) in [6.45, 7) is 0. The highest BCUT2D eigenvalue weighted by atomic mass is 35.5. The molecule has 0 aliphatic heterocycles. The molecular formula is C12H14ClNO3. The van der Waals surface area contributed by atoms with Crippen LogP contribution >= 0.6 is 11.6 Å². The van der Waals surface area contributed by atoms with Crippen molar-refractivity contribution in [2.24, 2.45) is 5.92 Å². The Kier molecular flexibility index (Phi) is 3.43. The van der Waals surface area contributed by atoms with Gasteiger partial charge in [0.2, 0.25) is 0 Å². The Morgan fingerprint density at radius 3 is 2.82 bits per heavy atom. The number of ether oxygens (including phenoxy) is 1. The van der Waals surface area contributed by atoms with E-state index in [0.29, 0.717) is 16.5 Å². The first-order valence-corrected chi connectivity index (χ1v) is 5.82. The van der Waals surface area contributed by atoms with Crippen molar-refractivity contribution in [3.63, 3.8) is 0 Å². The highest BCUT2D eigenvalue weighted by Crippen LogP contribution is 2.35. The zero-order valence-electron chi connectivity index (χ0n) is 9.44. The molecule has 1 fully saturated rings. The standard InChI is InChI=1S/C12H14ClNO3/c1-17-10-6-8(4-5-9(10)13)14-11(12(15)16)7-2-3-7/h4-7,11,14H,2-3H2,1H3,(H,15,16). The molecule has 2 rings (SSSR count). The summed E-state index contributed by atoms with van der Waals surface area (Å²) >= 11 is 5.90. The quantitative estimate of drug-likeness (QED) is 0.849. The van der Waals surface area contributed by atoms with Crippen LogP contribution in [0.3, 0.4) is 0 Å². The molecule has 1 aromatic carbocycles. The van der Waals surface area contributed by atoms with Crippen LogP contribution in [-0.4, -0.2) is 24.2 Å². The summed E-state index contributed by atoms with van der Waals surface area (Å²) in [6.07, 6.45) is 1.93. The normalized spacial score (nSPS) is 16.4. The lowest BCUT2D eigenvalue weighted by Gasteiger charge is -2.15. The predicted octanol–water partition coefficient (Wildman–Crippen LogP) is 2.62. The maximum absolute atomic E-state index is 11.1. The molecular weight excluding hydrogens is 242 g/mol. The Bertz CT molecular complexity index is 432. The van der Waals surface area contributed by atoms with Crippen molar-refractivity contribution in [2.45, 2.75) is 18.9 Å². The largest absolute Gasteiger partial charge is 0.495 e. The minimum atomic E-state index is -0.818. The zero-order chi connectivity index (χ0) is 12.4. The number of carbonyl (C=O) groups is 1. The van der Waals surface area contributed by atoms with Gasteiger partial charge in [0.25, 0.3) is 0 Å². The maximum Gasteiger partial charge on any atom is 0.326 e. The number of nitrogens with one attached hydrogen (secondary N) is 1. The van der Waals surface area contributed by atoms with Crippen LogP contribution in [0, 0.1) is 5.92 Å². The molecule has 5 heteroatoms. The van der Waals surface area contributed by atoms with Crippen LogP contribution in [0.1, 0.15) is 12.8 Å². The molecule has 0 saturated heterocycles.